The van der Waals surface area contributed by atoms with Crippen molar-refractivity contribution in [2.75, 3.05) is 33.3 Å². The Hall–Kier alpha value is -2.36. The molecule has 0 spiro atoms. The number of carbonyl (C=O) groups excluding carboxylic acids is 1. The summed E-state index contributed by atoms with van der Waals surface area (Å²) < 4.78 is 6.20. The monoisotopic (exact) mass is 441 g/mol. The quantitative estimate of drug-likeness (QED) is 0.505. The van der Waals surface area contributed by atoms with Crippen molar-refractivity contribution in [3.63, 3.8) is 0 Å². The van der Waals surface area contributed by atoms with E-state index in [1.54, 1.807) is 17.9 Å². The van der Waals surface area contributed by atoms with Crippen molar-refractivity contribution in [1.82, 2.24) is 19.6 Å². The molecule has 11 heteroatoms. The average molecular weight is 442 g/mol. The van der Waals surface area contributed by atoms with E-state index in [9.17, 15) is 14.9 Å². The van der Waals surface area contributed by atoms with E-state index < -0.39 is 11.0 Å². The first kappa shape index (κ1) is 21.4. The second-order valence-electron chi connectivity index (χ2n) is 6.74. The summed E-state index contributed by atoms with van der Waals surface area (Å²) >= 11 is 12.5. The van der Waals surface area contributed by atoms with E-state index in [2.05, 4.69) is 10.00 Å². The number of aromatic nitrogens is 2. The fraction of sp³-hybridized carbons (Fsp3) is 0.444. The molecule has 1 saturated heterocycles. The molecule has 9 nitrogen and oxygen atoms in total. The normalized spacial score (nSPS) is 15.9. The van der Waals surface area contributed by atoms with Gasteiger partial charge in [0.15, 0.2) is 0 Å². The number of amides is 1. The van der Waals surface area contributed by atoms with E-state index in [-0.39, 0.29) is 17.5 Å². The van der Waals surface area contributed by atoms with Crippen LogP contribution in [0.25, 0.3) is 0 Å². The van der Waals surface area contributed by atoms with Gasteiger partial charge in [0.2, 0.25) is 5.91 Å². The Bertz CT molecular complexity index is 891. The van der Waals surface area contributed by atoms with Crippen LogP contribution >= 0.6 is 23.2 Å². The molecule has 0 bridgehead atoms. The van der Waals surface area contributed by atoms with Crippen LogP contribution in [-0.2, 0) is 11.3 Å². The van der Waals surface area contributed by atoms with Crippen LogP contribution in [0.5, 0.6) is 5.88 Å². The van der Waals surface area contributed by atoms with Gasteiger partial charge >= 0.3 is 11.6 Å². The minimum absolute atomic E-state index is 0.115. The molecular formula is C18H21Cl2N5O4. The third kappa shape index (κ3) is 4.63. The molecule has 1 aromatic heterocycles. The number of rotatable bonds is 6. The van der Waals surface area contributed by atoms with E-state index in [1.165, 1.54) is 18.0 Å². The molecule has 29 heavy (non-hydrogen) atoms. The number of carbonyl (C=O) groups is 1. The van der Waals surface area contributed by atoms with Gasteiger partial charge in [-0.3, -0.25) is 19.8 Å². The van der Waals surface area contributed by atoms with Crippen LogP contribution in [0.3, 0.4) is 0 Å². The Morgan fingerprint density at radius 2 is 1.90 bits per heavy atom. The smallest absolute Gasteiger partial charge is 0.350 e. The molecule has 2 aromatic rings. The Labute approximate surface area is 177 Å². The first-order valence-corrected chi connectivity index (χ1v) is 9.79. The number of halogens is 2. The number of nitrogens with zero attached hydrogens (tertiary/aromatic N) is 5. The third-order valence-electron chi connectivity index (χ3n) is 4.95. The Kier molecular flexibility index (Phi) is 6.61. The molecule has 156 valence electrons. The van der Waals surface area contributed by atoms with Gasteiger partial charge in [0.1, 0.15) is 12.2 Å². The van der Waals surface area contributed by atoms with Gasteiger partial charge in [-0.25, -0.2) is 4.68 Å². The molecule has 0 radical (unpaired) electrons. The van der Waals surface area contributed by atoms with Crippen LogP contribution in [0.2, 0.25) is 10.0 Å². The molecule has 1 aromatic carbocycles. The van der Waals surface area contributed by atoms with Crippen molar-refractivity contribution in [1.29, 1.82) is 0 Å². The number of benzene rings is 1. The van der Waals surface area contributed by atoms with E-state index >= 15 is 0 Å². The van der Waals surface area contributed by atoms with Crippen molar-refractivity contribution < 1.29 is 14.5 Å². The average Bonchev–Trinajstić information content (AvgIpc) is 3.15. The lowest BCUT2D eigenvalue weighted by Crippen LogP contribution is -2.50. The number of methoxy groups -OCH3 is 1. The zero-order chi connectivity index (χ0) is 21.1. The van der Waals surface area contributed by atoms with Crippen LogP contribution in [0.1, 0.15) is 18.5 Å². The number of ether oxygens (including phenoxy) is 1. The molecule has 1 amide bonds. The summed E-state index contributed by atoms with van der Waals surface area (Å²) in [5.41, 5.74) is 0.605. The summed E-state index contributed by atoms with van der Waals surface area (Å²) in [5.74, 6) is -0.267. The van der Waals surface area contributed by atoms with Gasteiger partial charge in [-0.05, 0) is 19.1 Å². The third-order valence-corrected chi connectivity index (χ3v) is 5.66. The lowest BCUT2D eigenvalue weighted by atomic mass is 10.2. The van der Waals surface area contributed by atoms with Crippen LogP contribution in [0.4, 0.5) is 5.69 Å². The van der Waals surface area contributed by atoms with Crippen LogP contribution in [0, 0.1) is 10.1 Å². The summed E-state index contributed by atoms with van der Waals surface area (Å²) in [4.78, 5) is 27.2. The van der Waals surface area contributed by atoms with Gasteiger partial charge in [-0.15, -0.1) is 5.10 Å². The molecule has 2 heterocycles. The molecule has 1 unspecified atom stereocenters. The molecular weight excluding hydrogens is 421 g/mol. The van der Waals surface area contributed by atoms with Gasteiger partial charge < -0.3 is 9.64 Å². The zero-order valence-corrected chi connectivity index (χ0v) is 17.6. The van der Waals surface area contributed by atoms with E-state index in [0.29, 0.717) is 42.8 Å². The second-order valence-corrected chi connectivity index (χ2v) is 7.55. The lowest BCUT2D eigenvalue weighted by Gasteiger charge is -2.36. The molecule has 1 aliphatic heterocycles. The number of hydrogen-bond donors (Lipinski definition) is 0. The van der Waals surface area contributed by atoms with Gasteiger partial charge in [0.25, 0.3) is 0 Å². The first-order valence-electron chi connectivity index (χ1n) is 9.03. The fourth-order valence-electron chi connectivity index (χ4n) is 3.25. The highest BCUT2D eigenvalue weighted by Gasteiger charge is 2.29. The van der Waals surface area contributed by atoms with Gasteiger partial charge in [-0.1, -0.05) is 29.3 Å². The first-order chi connectivity index (χ1) is 13.8. The standard InChI is InChI=1S/C18H21Cl2N5O4/c1-12(24-11-16(25(27)28)17(21-24)29-2)18(26)23-8-6-22(7-9-23)10-13-14(19)4-3-5-15(13)20/h3-5,11-12H,6-10H2,1-2H3. The van der Waals surface area contributed by atoms with Crippen molar-refractivity contribution in [3.8, 4) is 5.88 Å². The summed E-state index contributed by atoms with van der Waals surface area (Å²) in [5, 5.41) is 16.3. The Morgan fingerprint density at radius 3 is 2.41 bits per heavy atom. The molecule has 0 saturated carbocycles. The fourth-order valence-corrected chi connectivity index (χ4v) is 3.76. The minimum Gasteiger partial charge on any atom is -0.475 e. The zero-order valence-electron chi connectivity index (χ0n) is 16.0. The van der Waals surface area contributed by atoms with Crippen molar-refractivity contribution in [3.05, 3.63) is 50.1 Å². The molecule has 1 atom stereocenters. The number of hydrogen-bond acceptors (Lipinski definition) is 6. The van der Waals surface area contributed by atoms with Crippen molar-refractivity contribution >= 4 is 34.8 Å². The Morgan fingerprint density at radius 1 is 1.28 bits per heavy atom. The number of piperazine rings is 1. The highest BCUT2D eigenvalue weighted by molar-refractivity contribution is 6.35. The van der Waals surface area contributed by atoms with Crippen LogP contribution in [0.15, 0.2) is 24.4 Å². The largest absolute Gasteiger partial charge is 0.475 e. The summed E-state index contributed by atoms with van der Waals surface area (Å²) in [6.45, 7) is 4.68. The molecule has 0 N–H and O–H groups in total. The topological polar surface area (TPSA) is 93.7 Å². The minimum atomic E-state index is -0.679. The van der Waals surface area contributed by atoms with Gasteiger partial charge in [0.05, 0.1) is 12.0 Å². The van der Waals surface area contributed by atoms with Crippen molar-refractivity contribution in [2.45, 2.75) is 19.5 Å². The highest BCUT2D eigenvalue weighted by Crippen LogP contribution is 2.28. The van der Waals surface area contributed by atoms with Crippen LogP contribution in [-0.4, -0.2) is 63.7 Å². The molecule has 1 fully saturated rings. The predicted octanol–water partition coefficient (Wildman–Crippen LogP) is 3.01. The SMILES string of the molecule is COc1nn(C(C)C(=O)N2CCN(Cc3c(Cl)cccc3Cl)CC2)cc1[N+](=O)[O-]. The summed E-state index contributed by atoms with van der Waals surface area (Å²) in [6, 6.07) is 4.74. The predicted molar refractivity (Wildman–Crippen MR) is 108 cm³/mol. The van der Waals surface area contributed by atoms with Gasteiger partial charge in [0, 0.05) is 48.3 Å². The number of nitro groups is 1. The second kappa shape index (κ2) is 8.98. The maximum atomic E-state index is 12.8. The van der Waals surface area contributed by atoms with E-state index in [1.807, 2.05) is 12.1 Å². The highest BCUT2D eigenvalue weighted by atomic mass is 35.5. The summed E-state index contributed by atoms with van der Waals surface area (Å²) in [7, 11) is 1.30. The Balaban J connectivity index is 1.62. The maximum Gasteiger partial charge on any atom is 0.350 e. The van der Waals surface area contributed by atoms with Crippen molar-refractivity contribution in [2.24, 2.45) is 0 Å². The van der Waals surface area contributed by atoms with Crippen LogP contribution < -0.4 is 4.74 Å². The summed E-state index contributed by atoms with van der Waals surface area (Å²) in [6.07, 6.45) is 1.22. The van der Waals surface area contributed by atoms with E-state index in [4.69, 9.17) is 27.9 Å². The maximum absolute atomic E-state index is 12.8. The van der Waals surface area contributed by atoms with E-state index in [0.717, 1.165) is 5.56 Å². The lowest BCUT2D eigenvalue weighted by molar-refractivity contribution is -0.385. The van der Waals surface area contributed by atoms with Gasteiger partial charge in [-0.2, -0.15) is 0 Å². The molecule has 3 rings (SSSR count). The molecule has 1 aliphatic rings. The molecule has 0 aliphatic carbocycles.